The van der Waals surface area contributed by atoms with Crippen LogP contribution in [-0.4, -0.2) is 57.5 Å². The van der Waals surface area contributed by atoms with Crippen LogP contribution in [0.15, 0.2) is 57.9 Å². The van der Waals surface area contributed by atoms with Gasteiger partial charge in [0, 0.05) is 42.3 Å². The van der Waals surface area contributed by atoms with Crippen LogP contribution in [0.1, 0.15) is 32.3 Å². The number of sulfonamides is 2. The summed E-state index contributed by atoms with van der Waals surface area (Å²) >= 11 is 3.34. The summed E-state index contributed by atoms with van der Waals surface area (Å²) in [7, 11) is -7.02. The lowest BCUT2D eigenvalue weighted by molar-refractivity contribution is -0.120. The van der Waals surface area contributed by atoms with Gasteiger partial charge in [-0.05, 0) is 54.8 Å². The summed E-state index contributed by atoms with van der Waals surface area (Å²) in [5, 5.41) is 2.83. The van der Waals surface area contributed by atoms with Gasteiger partial charge in [-0.1, -0.05) is 41.9 Å². The van der Waals surface area contributed by atoms with Crippen LogP contribution in [0.25, 0.3) is 0 Å². The van der Waals surface area contributed by atoms with E-state index in [1.807, 2.05) is 12.1 Å². The number of benzene rings is 2. The predicted molar refractivity (Wildman–Crippen MR) is 136 cm³/mol. The zero-order valence-electron chi connectivity index (χ0n) is 19.3. The van der Waals surface area contributed by atoms with Crippen LogP contribution in [0.5, 0.6) is 0 Å². The monoisotopic (exact) mass is 571 g/mol. The van der Waals surface area contributed by atoms with E-state index < -0.39 is 20.0 Å². The van der Waals surface area contributed by atoms with Crippen molar-refractivity contribution in [2.75, 3.05) is 31.5 Å². The number of anilines is 1. The SMILES string of the molecule is CCN(CC)S(=O)(=O)c1ccc(NC(=O)C2CCN(S(=O)(=O)Cc3ccc(Br)cc3)CC2)cc1. The van der Waals surface area contributed by atoms with E-state index in [0.717, 1.165) is 10.0 Å². The smallest absolute Gasteiger partial charge is 0.243 e. The molecule has 0 saturated carbocycles. The molecule has 1 aliphatic rings. The number of carbonyl (C=O) groups is 1. The average Bonchev–Trinajstić information content (AvgIpc) is 2.81. The van der Waals surface area contributed by atoms with E-state index in [2.05, 4.69) is 21.2 Å². The van der Waals surface area contributed by atoms with Crippen LogP contribution < -0.4 is 5.32 Å². The first-order valence-corrected chi connectivity index (χ1v) is 15.0. The van der Waals surface area contributed by atoms with Crippen LogP contribution in [0.2, 0.25) is 0 Å². The molecule has 2 aromatic rings. The summed E-state index contributed by atoms with van der Waals surface area (Å²) < 4.78 is 54.5. The van der Waals surface area contributed by atoms with E-state index in [-0.39, 0.29) is 35.6 Å². The third-order valence-corrected chi connectivity index (χ3v) is 10.4. The molecule has 2 aromatic carbocycles. The Kier molecular flexibility index (Phi) is 8.91. The van der Waals surface area contributed by atoms with Gasteiger partial charge >= 0.3 is 0 Å². The molecule has 0 aliphatic carbocycles. The van der Waals surface area contributed by atoms with Gasteiger partial charge < -0.3 is 5.32 Å². The van der Waals surface area contributed by atoms with Crippen molar-refractivity contribution in [3.63, 3.8) is 0 Å². The van der Waals surface area contributed by atoms with Crippen LogP contribution in [0, 0.1) is 5.92 Å². The van der Waals surface area contributed by atoms with Crippen molar-refractivity contribution in [2.24, 2.45) is 5.92 Å². The van der Waals surface area contributed by atoms with E-state index in [1.54, 1.807) is 38.1 Å². The molecule has 8 nitrogen and oxygen atoms in total. The number of amides is 1. The van der Waals surface area contributed by atoms with Crippen LogP contribution in [0.4, 0.5) is 5.69 Å². The highest BCUT2D eigenvalue weighted by atomic mass is 79.9. The number of piperidine rings is 1. The molecule has 3 rings (SSSR count). The zero-order chi connectivity index (χ0) is 24.9. The lowest BCUT2D eigenvalue weighted by Crippen LogP contribution is -2.41. The Balaban J connectivity index is 1.56. The standard InChI is InChI=1S/C23H30BrN3O5S2/c1-3-26(4-2)34(31,32)22-11-9-21(10-12-22)25-23(28)19-13-15-27(16-14-19)33(29,30)17-18-5-7-20(24)8-6-18/h5-12,19H,3-4,13-17H2,1-2H3,(H,25,28). The van der Waals surface area contributed by atoms with Crippen molar-refractivity contribution >= 4 is 47.6 Å². The van der Waals surface area contributed by atoms with Gasteiger partial charge in [-0.3, -0.25) is 4.79 Å². The Morgan fingerprint density at radius 2 is 1.53 bits per heavy atom. The van der Waals surface area contributed by atoms with Crippen LogP contribution in [-0.2, 0) is 30.6 Å². The summed E-state index contributed by atoms with van der Waals surface area (Å²) in [6.07, 6.45) is 0.861. The third-order valence-electron chi connectivity index (χ3n) is 5.95. The number of halogens is 1. The maximum Gasteiger partial charge on any atom is 0.243 e. The third kappa shape index (κ3) is 6.45. The fourth-order valence-corrected chi connectivity index (χ4v) is 7.23. The molecule has 11 heteroatoms. The highest BCUT2D eigenvalue weighted by molar-refractivity contribution is 9.10. The first-order valence-electron chi connectivity index (χ1n) is 11.2. The topological polar surface area (TPSA) is 104 Å². The normalized spacial score (nSPS) is 16.0. The Hall–Kier alpha value is -1.79. The highest BCUT2D eigenvalue weighted by Gasteiger charge is 2.31. The van der Waals surface area contributed by atoms with E-state index in [4.69, 9.17) is 0 Å². The molecular weight excluding hydrogens is 542 g/mol. The van der Waals surface area contributed by atoms with E-state index in [0.29, 0.717) is 31.6 Å². The van der Waals surface area contributed by atoms with Gasteiger partial charge in [0.15, 0.2) is 0 Å². The van der Waals surface area contributed by atoms with Crippen molar-refractivity contribution in [1.29, 1.82) is 0 Å². The van der Waals surface area contributed by atoms with E-state index in [9.17, 15) is 21.6 Å². The maximum atomic E-state index is 12.8. The average molecular weight is 573 g/mol. The fraction of sp³-hybridized carbons (Fsp3) is 0.435. The number of hydrogen-bond acceptors (Lipinski definition) is 5. The van der Waals surface area contributed by atoms with E-state index >= 15 is 0 Å². The summed E-state index contributed by atoms with van der Waals surface area (Å²) in [6, 6.07) is 13.3. The number of carbonyl (C=O) groups excluding carboxylic acids is 1. The molecule has 1 saturated heterocycles. The summed E-state index contributed by atoms with van der Waals surface area (Å²) in [4.78, 5) is 12.9. The van der Waals surface area contributed by atoms with Gasteiger partial charge in [0.1, 0.15) is 0 Å². The molecule has 1 aliphatic heterocycles. The van der Waals surface area contributed by atoms with Crippen LogP contribution in [0.3, 0.4) is 0 Å². The molecule has 1 heterocycles. The summed E-state index contributed by atoms with van der Waals surface area (Å²) in [5.41, 5.74) is 1.23. The van der Waals surface area contributed by atoms with Crippen LogP contribution >= 0.6 is 15.9 Å². The lowest BCUT2D eigenvalue weighted by Gasteiger charge is -2.30. The minimum absolute atomic E-state index is 0.0696. The Bertz CT molecular complexity index is 1190. The molecule has 0 bridgehead atoms. The molecule has 0 atom stereocenters. The van der Waals surface area contributed by atoms with Gasteiger partial charge in [-0.15, -0.1) is 0 Å². The molecule has 1 amide bonds. The van der Waals surface area contributed by atoms with Gasteiger partial charge in [0.05, 0.1) is 10.6 Å². The van der Waals surface area contributed by atoms with Crippen molar-refractivity contribution in [3.05, 3.63) is 58.6 Å². The second-order valence-electron chi connectivity index (χ2n) is 8.16. The highest BCUT2D eigenvalue weighted by Crippen LogP contribution is 2.24. The predicted octanol–water partition coefficient (Wildman–Crippen LogP) is 3.66. The molecule has 1 fully saturated rings. The van der Waals surface area contributed by atoms with Gasteiger partial charge in [-0.2, -0.15) is 4.31 Å². The van der Waals surface area contributed by atoms with Crippen molar-refractivity contribution in [1.82, 2.24) is 8.61 Å². The lowest BCUT2D eigenvalue weighted by atomic mass is 9.97. The van der Waals surface area contributed by atoms with Crippen molar-refractivity contribution < 1.29 is 21.6 Å². The number of nitrogens with one attached hydrogen (secondary N) is 1. The minimum Gasteiger partial charge on any atom is -0.326 e. The molecule has 186 valence electrons. The van der Waals surface area contributed by atoms with Gasteiger partial charge in [-0.25, -0.2) is 21.1 Å². The molecule has 34 heavy (non-hydrogen) atoms. The first-order chi connectivity index (χ1) is 16.1. The maximum absolute atomic E-state index is 12.8. The Morgan fingerprint density at radius 1 is 0.971 bits per heavy atom. The number of rotatable bonds is 9. The Morgan fingerprint density at radius 3 is 2.06 bits per heavy atom. The molecule has 0 unspecified atom stereocenters. The molecular formula is C23H30BrN3O5S2. The summed E-state index contributed by atoms with van der Waals surface area (Å²) in [5.74, 6) is -0.567. The first kappa shape index (κ1) is 26.8. The molecule has 0 radical (unpaired) electrons. The zero-order valence-corrected chi connectivity index (χ0v) is 22.5. The summed E-state index contributed by atoms with van der Waals surface area (Å²) in [6.45, 7) is 4.92. The van der Waals surface area contributed by atoms with Crippen molar-refractivity contribution in [2.45, 2.75) is 37.3 Å². The Labute approximate surface area is 210 Å². The molecule has 1 N–H and O–H groups in total. The van der Waals surface area contributed by atoms with Gasteiger partial charge in [0.2, 0.25) is 26.0 Å². The molecule has 0 aromatic heterocycles. The molecule has 0 spiro atoms. The largest absolute Gasteiger partial charge is 0.326 e. The number of nitrogens with zero attached hydrogens (tertiary/aromatic N) is 2. The minimum atomic E-state index is -3.56. The second kappa shape index (κ2) is 11.3. The van der Waals surface area contributed by atoms with Crippen molar-refractivity contribution in [3.8, 4) is 0 Å². The second-order valence-corrected chi connectivity index (χ2v) is 13.0. The quantitative estimate of drug-likeness (QED) is 0.494. The van der Waals surface area contributed by atoms with E-state index in [1.165, 1.54) is 20.7 Å². The fourth-order valence-electron chi connectivity index (χ4n) is 3.95. The number of hydrogen-bond donors (Lipinski definition) is 1. The van der Waals surface area contributed by atoms with Gasteiger partial charge in [0.25, 0.3) is 0 Å².